The molecule has 0 radical (unpaired) electrons. The van der Waals surface area contributed by atoms with Gasteiger partial charge in [-0.15, -0.1) is 0 Å². The molecule has 192 valence electrons. The number of aromatic nitrogens is 3. The second-order valence-corrected chi connectivity index (χ2v) is 10.1. The molecule has 1 amide bonds. The van der Waals surface area contributed by atoms with Crippen molar-refractivity contribution in [1.29, 1.82) is 0 Å². The maximum absolute atomic E-state index is 12.5. The van der Waals surface area contributed by atoms with Crippen molar-refractivity contribution in [2.24, 2.45) is 4.99 Å². The average molecular weight is 501 g/mol. The quantitative estimate of drug-likeness (QED) is 0.536. The number of piperazine rings is 1. The van der Waals surface area contributed by atoms with E-state index < -0.39 is 0 Å². The van der Waals surface area contributed by atoms with Crippen molar-refractivity contribution in [3.63, 3.8) is 0 Å². The van der Waals surface area contributed by atoms with Gasteiger partial charge in [-0.2, -0.15) is 4.98 Å². The molecule has 0 atom stereocenters. The van der Waals surface area contributed by atoms with Crippen LogP contribution >= 0.6 is 0 Å². The Kier molecular flexibility index (Phi) is 6.11. The Morgan fingerprint density at radius 1 is 1.14 bits per heavy atom. The van der Waals surface area contributed by atoms with Crippen LogP contribution in [0.25, 0.3) is 10.9 Å². The van der Waals surface area contributed by atoms with Crippen LogP contribution in [0.4, 0.5) is 17.2 Å². The van der Waals surface area contributed by atoms with Crippen LogP contribution in [-0.2, 0) is 13.1 Å². The summed E-state index contributed by atoms with van der Waals surface area (Å²) in [6, 6.07) is 8.33. The molecular formula is C27H32N8O2. The smallest absolute Gasteiger partial charge is 0.349 e. The summed E-state index contributed by atoms with van der Waals surface area (Å²) in [4.78, 5) is 43.1. The number of hydrogen-bond acceptors (Lipinski definition) is 8. The molecule has 2 aromatic heterocycles. The number of benzene rings is 1. The highest BCUT2D eigenvalue weighted by molar-refractivity contribution is 6.06. The lowest BCUT2D eigenvalue weighted by Crippen LogP contribution is -2.46. The summed E-state index contributed by atoms with van der Waals surface area (Å²) < 4.78 is 1.60. The molecule has 2 N–H and O–H groups in total. The molecule has 0 spiro atoms. The molecule has 2 aliphatic heterocycles. The Bertz CT molecular complexity index is 1450. The monoisotopic (exact) mass is 500 g/mol. The van der Waals surface area contributed by atoms with E-state index in [2.05, 4.69) is 41.5 Å². The molecule has 1 aromatic carbocycles. The zero-order valence-electron chi connectivity index (χ0n) is 21.3. The Morgan fingerprint density at radius 2 is 1.95 bits per heavy atom. The molecule has 37 heavy (non-hydrogen) atoms. The molecule has 4 heterocycles. The van der Waals surface area contributed by atoms with Gasteiger partial charge in [0.25, 0.3) is 5.91 Å². The minimum Gasteiger partial charge on any atom is -0.368 e. The summed E-state index contributed by atoms with van der Waals surface area (Å²) in [5, 5.41) is 7.19. The van der Waals surface area contributed by atoms with Gasteiger partial charge in [0.05, 0.1) is 34.3 Å². The highest BCUT2D eigenvalue weighted by Crippen LogP contribution is 2.34. The fourth-order valence-electron chi connectivity index (χ4n) is 5.42. The van der Waals surface area contributed by atoms with Gasteiger partial charge in [-0.3, -0.25) is 14.3 Å². The Morgan fingerprint density at radius 3 is 2.65 bits per heavy atom. The molecule has 10 heteroatoms. The lowest BCUT2D eigenvalue weighted by molar-refractivity contribution is 0.0911. The van der Waals surface area contributed by atoms with Crippen LogP contribution in [0.2, 0.25) is 0 Å². The number of rotatable bonds is 6. The number of nitrogens with one attached hydrogen (secondary N) is 2. The number of aryl methyl sites for hydroxylation is 1. The second-order valence-electron chi connectivity index (χ2n) is 10.1. The number of anilines is 2. The maximum atomic E-state index is 12.5. The van der Waals surface area contributed by atoms with Gasteiger partial charge >= 0.3 is 5.69 Å². The third-order valence-electron chi connectivity index (χ3n) is 7.68. The van der Waals surface area contributed by atoms with Crippen molar-refractivity contribution in [2.45, 2.75) is 52.2 Å². The van der Waals surface area contributed by atoms with Crippen LogP contribution in [0.15, 0.2) is 34.1 Å². The van der Waals surface area contributed by atoms with E-state index in [1.165, 1.54) is 6.42 Å². The number of amides is 1. The molecule has 1 aliphatic carbocycles. The van der Waals surface area contributed by atoms with E-state index in [0.29, 0.717) is 29.6 Å². The molecule has 1 saturated heterocycles. The minimum absolute atomic E-state index is 0.0745. The van der Waals surface area contributed by atoms with Crippen molar-refractivity contribution in [1.82, 2.24) is 24.8 Å². The van der Waals surface area contributed by atoms with Gasteiger partial charge in [0, 0.05) is 45.3 Å². The van der Waals surface area contributed by atoms with Crippen molar-refractivity contribution in [3.05, 3.63) is 51.7 Å². The molecule has 2 fully saturated rings. The standard InChI is InChI=1S/C27H32N8O2/c1-3-35-25-24-21(28-16-29-25)13-18(14-22(24)32-27(35)37)15-33-9-11-34(12-10-33)23-8-7-20(30-17(23)2)26(36)31-19-5-4-6-19/h7-8,13-14,16,19H,3-6,9-12,15H2,1-2H3,(H,28,29)(H,31,36). The SMILES string of the molecule is CCn1c2c3c(cc(CN4CCN(c5ccc(C(=O)NC6CCC6)nc5C)CC4)cc3nc1=O)NC=N2. The molecule has 0 bridgehead atoms. The van der Waals surface area contributed by atoms with E-state index in [4.69, 9.17) is 0 Å². The first-order chi connectivity index (χ1) is 18.0. The van der Waals surface area contributed by atoms with Crippen molar-refractivity contribution in [2.75, 3.05) is 36.4 Å². The fourth-order valence-corrected chi connectivity index (χ4v) is 5.42. The summed E-state index contributed by atoms with van der Waals surface area (Å²) >= 11 is 0. The molecular weight excluding hydrogens is 468 g/mol. The summed E-state index contributed by atoms with van der Waals surface area (Å²) in [7, 11) is 0. The highest BCUT2D eigenvalue weighted by atomic mass is 16.2. The lowest BCUT2D eigenvalue weighted by atomic mass is 9.93. The number of nitrogens with zero attached hydrogens (tertiary/aromatic N) is 6. The second kappa shape index (κ2) is 9.59. The van der Waals surface area contributed by atoms with E-state index in [-0.39, 0.29) is 11.6 Å². The van der Waals surface area contributed by atoms with Crippen LogP contribution < -0.4 is 21.2 Å². The van der Waals surface area contributed by atoms with Gasteiger partial charge < -0.3 is 15.5 Å². The van der Waals surface area contributed by atoms with Crippen molar-refractivity contribution in [3.8, 4) is 0 Å². The Balaban J connectivity index is 1.13. The lowest BCUT2D eigenvalue weighted by Gasteiger charge is -2.36. The normalized spacial score (nSPS) is 17.5. The van der Waals surface area contributed by atoms with Gasteiger partial charge in [-0.25, -0.2) is 14.8 Å². The highest BCUT2D eigenvalue weighted by Gasteiger charge is 2.24. The number of aliphatic imine (C=N–C) groups is 1. The molecule has 6 rings (SSSR count). The van der Waals surface area contributed by atoms with E-state index in [9.17, 15) is 9.59 Å². The third kappa shape index (κ3) is 4.46. The van der Waals surface area contributed by atoms with Gasteiger partial charge in [0.1, 0.15) is 11.5 Å². The Hall–Kier alpha value is -3.79. The van der Waals surface area contributed by atoms with Gasteiger partial charge in [-0.1, -0.05) is 0 Å². The summed E-state index contributed by atoms with van der Waals surface area (Å²) in [6.07, 6.45) is 4.96. The third-order valence-corrected chi connectivity index (χ3v) is 7.68. The maximum Gasteiger partial charge on any atom is 0.349 e. The first-order valence-electron chi connectivity index (χ1n) is 13.1. The Labute approximate surface area is 215 Å². The predicted octanol–water partition coefficient (Wildman–Crippen LogP) is 2.81. The van der Waals surface area contributed by atoms with E-state index in [1.807, 2.05) is 32.0 Å². The fraction of sp³-hybridized carbons (Fsp3) is 0.444. The molecule has 3 aliphatic rings. The van der Waals surface area contributed by atoms with Gasteiger partial charge in [0.15, 0.2) is 0 Å². The molecule has 10 nitrogen and oxygen atoms in total. The van der Waals surface area contributed by atoms with Crippen LogP contribution in [0, 0.1) is 6.92 Å². The minimum atomic E-state index is -0.267. The van der Waals surface area contributed by atoms with Crippen LogP contribution in [0.3, 0.4) is 0 Å². The number of carbonyl (C=O) groups is 1. The average Bonchev–Trinajstić information content (AvgIpc) is 2.87. The summed E-state index contributed by atoms with van der Waals surface area (Å²) in [5.41, 5.74) is 4.94. The predicted molar refractivity (Wildman–Crippen MR) is 145 cm³/mol. The van der Waals surface area contributed by atoms with Crippen LogP contribution in [-0.4, -0.2) is 63.9 Å². The zero-order chi connectivity index (χ0) is 25.5. The first-order valence-corrected chi connectivity index (χ1v) is 13.1. The van der Waals surface area contributed by atoms with Crippen molar-refractivity contribution >= 4 is 40.3 Å². The van der Waals surface area contributed by atoms with Gasteiger partial charge in [0.2, 0.25) is 0 Å². The van der Waals surface area contributed by atoms with E-state index in [0.717, 1.165) is 73.6 Å². The van der Waals surface area contributed by atoms with E-state index in [1.54, 1.807) is 10.9 Å². The van der Waals surface area contributed by atoms with Crippen LogP contribution in [0.1, 0.15) is 47.9 Å². The zero-order valence-corrected chi connectivity index (χ0v) is 21.3. The topological polar surface area (TPSA) is 108 Å². The number of hydrogen-bond donors (Lipinski definition) is 2. The molecule has 3 aromatic rings. The number of pyridine rings is 1. The largest absolute Gasteiger partial charge is 0.368 e. The molecule has 1 saturated carbocycles. The summed E-state index contributed by atoms with van der Waals surface area (Å²) in [6.45, 7) is 8.79. The van der Waals surface area contributed by atoms with E-state index >= 15 is 0 Å². The first kappa shape index (κ1) is 23.6. The van der Waals surface area contributed by atoms with Gasteiger partial charge in [-0.05, 0) is 62.9 Å². The molecule has 0 unspecified atom stereocenters. The van der Waals surface area contributed by atoms with Crippen molar-refractivity contribution < 1.29 is 4.79 Å². The number of carbonyl (C=O) groups excluding carboxylic acids is 1. The van der Waals surface area contributed by atoms with Crippen LogP contribution in [0.5, 0.6) is 0 Å². The summed E-state index contributed by atoms with van der Waals surface area (Å²) in [5.74, 6) is 0.594.